The van der Waals surface area contributed by atoms with Crippen molar-refractivity contribution in [3.8, 4) is 16.9 Å². The molecule has 1 aromatic heterocycles. The van der Waals surface area contributed by atoms with Crippen molar-refractivity contribution in [2.45, 2.75) is 19.3 Å². The van der Waals surface area contributed by atoms with Gasteiger partial charge in [-0.25, -0.2) is 0 Å². The van der Waals surface area contributed by atoms with E-state index in [4.69, 9.17) is 20.8 Å². The molecule has 3 aromatic rings. The van der Waals surface area contributed by atoms with Crippen molar-refractivity contribution in [2.24, 2.45) is 0 Å². The number of carboxylic acid groups (broad SMARTS) is 1. The quantitative estimate of drug-likeness (QED) is 0.693. The summed E-state index contributed by atoms with van der Waals surface area (Å²) >= 11 is 6.31. The Morgan fingerprint density at radius 1 is 1.27 bits per heavy atom. The van der Waals surface area contributed by atoms with Crippen molar-refractivity contribution in [1.29, 1.82) is 0 Å². The fourth-order valence-corrected chi connectivity index (χ4v) is 3.07. The summed E-state index contributed by atoms with van der Waals surface area (Å²) in [5, 5.41) is 17.6. The zero-order chi connectivity index (χ0) is 18.7. The van der Waals surface area contributed by atoms with Crippen LogP contribution in [-0.2, 0) is 4.79 Å². The molecule has 1 N–H and O–H groups in total. The van der Waals surface area contributed by atoms with Crippen molar-refractivity contribution in [3.63, 3.8) is 0 Å². The minimum atomic E-state index is -0.968. The van der Waals surface area contributed by atoms with Crippen LogP contribution in [0.1, 0.15) is 29.7 Å². The van der Waals surface area contributed by atoms with E-state index >= 15 is 0 Å². The first-order valence-electron chi connectivity index (χ1n) is 7.93. The number of halogens is 1. The van der Waals surface area contributed by atoms with Gasteiger partial charge in [0.05, 0.1) is 19.4 Å². The van der Waals surface area contributed by atoms with Gasteiger partial charge in [-0.1, -0.05) is 35.9 Å². The van der Waals surface area contributed by atoms with Crippen LogP contribution < -0.4 is 4.74 Å². The summed E-state index contributed by atoms with van der Waals surface area (Å²) < 4.78 is 10.9. The molecule has 3 rings (SSSR count). The zero-order valence-electron chi connectivity index (χ0n) is 14.3. The Bertz CT molecular complexity index is 939. The van der Waals surface area contributed by atoms with E-state index in [0.717, 1.165) is 11.1 Å². The van der Waals surface area contributed by atoms with E-state index in [0.29, 0.717) is 22.2 Å². The van der Waals surface area contributed by atoms with Crippen LogP contribution in [0.15, 0.2) is 46.9 Å². The zero-order valence-corrected chi connectivity index (χ0v) is 15.0. The number of aryl methyl sites for hydroxylation is 1. The highest BCUT2D eigenvalue weighted by Crippen LogP contribution is 2.36. The molecule has 134 valence electrons. The first-order valence-corrected chi connectivity index (χ1v) is 8.31. The van der Waals surface area contributed by atoms with Gasteiger partial charge in [0.15, 0.2) is 0 Å². The first-order chi connectivity index (χ1) is 12.5. The molecule has 2 aromatic carbocycles. The maximum atomic E-state index is 11.4. The fraction of sp³-hybridized carbons (Fsp3) is 0.211. The van der Waals surface area contributed by atoms with Crippen LogP contribution in [0.25, 0.3) is 11.1 Å². The second-order valence-corrected chi connectivity index (χ2v) is 6.22. The predicted octanol–water partition coefficient (Wildman–Crippen LogP) is 4.31. The molecular formula is C19H17ClN2O4. The third kappa shape index (κ3) is 3.86. The molecule has 1 unspecified atom stereocenters. The molecule has 7 heteroatoms. The number of aliphatic carboxylic acids is 1. The maximum absolute atomic E-state index is 11.4. The molecule has 0 amide bonds. The van der Waals surface area contributed by atoms with E-state index in [9.17, 15) is 9.90 Å². The van der Waals surface area contributed by atoms with Crippen LogP contribution in [0, 0.1) is 6.92 Å². The molecule has 0 aliphatic heterocycles. The number of hydrogen-bond acceptors (Lipinski definition) is 5. The SMILES string of the molecule is COc1ccccc1-c1cc(Cl)cc(C(CC(=O)O)c2nnc(C)o2)c1. The van der Waals surface area contributed by atoms with Crippen LogP contribution in [0.5, 0.6) is 5.75 Å². The Balaban J connectivity index is 2.11. The fourth-order valence-electron chi connectivity index (χ4n) is 2.83. The molecule has 0 bridgehead atoms. The lowest BCUT2D eigenvalue weighted by atomic mass is 9.92. The van der Waals surface area contributed by atoms with Gasteiger partial charge >= 0.3 is 5.97 Å². The van der Waals surface area contributed by atoms with Crippen molar-refractivity contribution in [3.05, 3.63) is 64.8 Å². The lowest BCUT2D eigenvalue weighted by Gasteiger charge is -2.15. The van der Waals surface area contributed by atoms with Gasteiger partial charge in [0.1, 0.15) is 5.75 Å². The Morgan fingerprint density at radius 2 is 2.04 bits per heavy atom. The highest BCUT2D eigenvalue weighted by Gasteiger charge is 2.24. The average molecular weight is 373 g/mol. The van der Waals surface area contributed by atoms with E-state index < -0.39 is 11.9 Å². The summed E-state index contributed by atoms with van der Waals surface area (Å²) in [5.41, 5.74) is 2.36. The molecule has 0 spiro atoms. The van der Waals surface area contributed by atoms with Crippen LogP contribution in [-0.4, -0.2) is 28.4 Å². The Hall–Kier alpha value is -2.86. The van der Waals surface area contributed by atoms with Crippen LogP contribution in [0.2, 0.25) is 5.02 Å². The minimum Gasteiger partial charge on any atom is -0.496 e. The van der Waals surface area contributed by atoms with E-state index in [1.54, 1.807) is 26.2 Å². The number of benzene rings is 2. The molecule has 0 saturated carbocycles. The summed E-state index contributed by atoms with van der Waals surface area (Å²) in [6.07, 6.45) is -0.187. The van der Waals surface area contributed by atoms with Gasteiger partial charge in [-0.15, -0.1) is 10.2 Å². The normalized spacial score (nSPS) is 12.0. The van der Waals surface area contributed by atoms with Crippen molar-refractivity contribution in [1.82, 2.24) is 10.2 Å². The first kappa shape index (κ1) is 17.9. The van der Waals surface area contributed by atoms with Gasteiger partial charge in [0.2, 0.25) is 11.8 Å². The smallest absolute Gasteiger partial charge is 0.304 e. The number of aromatic nitrogens is 2. The van der Waals surface area contributed by atoms with Gasteiger partial charge < -0.3 is 14.3 Å². The second kappa shape index (κ2) is 7.58. The standard InChI is InChI=1S/C19H17ClN2O4/c1-11-21-22-19(26-11)16(10-18(23)24)13-7-12(8-14(20)9-13)15-5-3-4-6-17(15)25-2/h3-9,16H,10H2,1-2H3,(H,23,24). The molecule has 0 aliphatic carbocycles. The Morgan fingerprint density at radius 3 is 2.69 bits per heavy atom. The molecule has 6 nitrogen and oxygen atoms in total. The van der Waals surface area contributed by atoms with Gasteiger partial charge in [-0.3, -0.25) is 4.79 Å². The highest BCUT2D eigenvalue weighted by molar-refractivity contribution is 6.31. The topological polar surface area (TPSA) is 85.5 Å². The third-order valence-electron chi connectivity index (χ3n) is 3.96. The lowest BCUT2D eigenvalue weighted by molar-refractivity contribution is -0.137. The predicted molar refractivity (Wildman–Crippen MR) is 96.6 cm³/mol. The molecular weight excluding hydrogens is 356 g/mol. The number of rotatable bonds is 6. The van der Waals surface area contributed by atoms with Crippen LogP contribution >= 0.6 is 11.6 Å². The summed E-state index contributed by atoms with van der Waals surface area (Å²) in [5.74, 6) is -0.241. The number of hydrogen-bond donors (Lipinski definition) is 1. The lowest BCUT2D eigenvalue weighted by Crippen LogP contribution is -2.09. The van der Waals surface area contributed by atoms with Crippen LogP contribution in [0.4, 0.5) is 0 Å². The number of nitrogens with zero attached hydrogens (tertiary/aromatic N) is 2. The second-order valence-electron chi connectivity index (χ2n) is 5.78. The van der Waals surface area contributed by atoms with Gasteiger partial charge in [-0.2, -0.15) is 0 Å². The van der Waals surface area contributed by atoms with E-state index in [1.807, 2.05) is 30.3 Å². The molecule has 0 fully saturated rings. The summed E-state index contributed by atoms with van der Waals surface area (Å²) in [6.45, 7) is 1.66. The molecule has 0 aliphatic rings. The number of carbonyl (C=O) groups is 1. The van der Waals surface area contributed by atoms with Crippen molar-refractivity contribution < 1.29 is 19.1 Å². The maximum Gasteiger partial charge on any atom is 0.304 e. The Labute approximate surface area is 155 Å². The average Bonchev–Trinajstić information content (AvgIpc) is 3.05. The van der Waals surface area contributed by atoms with E-state index in [-0.39, 0.29) is 12.3 Å². The monoisotopic (exact) mass is 372 g/mol. The van der Waals surface area contributed by atoms with Crippen molar-refractivity contribution in [2.75, 3.05) is 7.11 Å². The third-order valence-corrected chi connectivity index (χ3v) is 4.18. The number of methoxy groups -OCH3 is 1. The molecule has 1 atom stereocenters. The molecule has 0 radical (unpaired) electrons. The largest absolute Gasteiger partial charge is 0.496 e. The molecule has 0 saturated heterocycles. The van der Waals surface area contributed by atoms with E-state index in [2.05, 4.69) is 10.2 Å². The van der Waals surface area contributed by atoms with Crippen LogP contribution in [0.3, 0.4) is 0 Å². The Kier molecular flexibility index (Phi) is 5.23. The molecule has 26 heavy (non-hydrogen) atoms. The minimum absolute atomic E-state index is 0.187. The van der Waals surface area contributed by atoms with E-state index in [1.165, 1.54) is 0 Å². The highest BCUT2D eigenvalue weighted by atomic mass is 35.5. The summed E-state index contributed by atoms with van der Waals surface area (Å²) in [6, 6.07) is 12.9. The van der Waals surface area contributed by atoms with Gasteiger partial charge in [0.25, 0.3) is 0 Å². The molecule has 1 heterocycles. The van der Waals surface area contributed by atoms with Gasteiger partial charge in [0, 0.05) is 17.5 Å². The number of carboxylic acids is 1. The van der Waals surface area contributed by atoms with Crippen molar-refractivity contribution >= 4 is 17.6 Å². The summed E-state index contributed by atoms with van der Waals surface area (Å²) in [7, 11) is 1.60. The number of ether oxygens (including phenoxy) is 1. The van der Waals surface area contributed by atoms with Gasteiger partial charge in [-0.05, 0) is 29.3 Å². The number of para-hydroxylation sites is 1. The summed E-state index contributed by atoms with van der Waals surface area (Å²) in [4.78, 5) is 11.4.